The fourth-order valence-electron chi connectivity index (χ4n) is 2.93. The summed E-state index contributed by atoms with van der Waals surface area (Å²) in [6, 6.07) is -3.90. The van der Waals surface area contributed by atoms with Crippen molar-refractivity contribution in [2.24, 2.45) is 11.5 Å². The van der Waals surface area contributed by atoms with Crippen LogP contribution in [-0.2, 0) is 28.8 Å². The topological polar surface area (TPSA) is 222 Å². The summed E-state index contributed by atoms with van der Waals surface area (Å²) in [6.45, 7) is 0.0237. The summed E-state index contributed by atoms with van der Waals surface area (Å²) >= 11 is 0. The number of nitrogens with zero attached hydrogens (tertiary/aromatic N) is 1. The van der Waals surface area contributed by atoms with E-state index in [2.05, 4.69) is 10.6 Å². The summed E-state index contributed by atoms with van der Waals surface area (Å²) in [5.74, 6) is -5.81. The van der Waals surface area contributed by atoms with Crippen LogP contribution in [0.3, 0.4) is 0 Å². The largest absolute Gasteiger partial charge is 0.481 e. The molecule has 13 heteroatoms. The van der Waals surface area contributed by atoms with Crippen molar-refractivity contribution in [3.63, 3.8) is 0 Å². The first-order valence-electron chi connectivity index (χ1n) is 8.90. The number of aliphatic carboxylic acids is 2. The Kier molecular flexibility index (Phi) is 8.99. The second-order valence-electron chi connectivity index (χ2n) is 6.51. The van der Waals surface area contributed by atoms with Gasteiger partial charge in [0.1, 0.15) is 18.1 Å². The maximum absolute atomic E-state index is 12.5. The van der Waals surface area contributed by atoms with Crippen LogP contribution in [0.4, 0.5) is 0 Å². The second-order valence-corrected chi connectivity index (χ2v) is 6.51. The van der Waals surface area contributed by atoms with Gasteiger partial charge in [0, 0.05) is 13.0 Å². The number of nitrogens with two attached hydrogens (primary N) is 2. The van der Waals surface area contributed by atoms with Crippen LogP contribution in [-0.4, -0.2) is 81.9 Å². The average molecular weight is 415 g/mol. The molecule has 0 aromatic rings. The van der Waals surface area contributed by atoms with E-state index in [1.54, 1.807) is 0 Å². The van der Waals surface area contributed by atoms with E-state index in [1.807, 2.05) is 0 Å². The first kappa shape index (κ1) is 23.8. The van der Waals surface area contributed by atoms with E-state index >= 15 is 0 Å². The highest BCUT2D eigenvalue weighted by molar-refractivity contribution is 5.96. The summed E-state index contributed by atoms with van der Waals surface area (Å²) in [5.41, 5.74) is 10.4. The number of carbonyl (C=O) groups excluding carboxylic acids is 4. The number of likely N-dealkylation sites (tertiary alicyclic amines) is 1. The van der Waals surface area contributed by atoms with Gasteiger partial charge in [-0.05, 0) is 19.3 Å². The Hall–Kier alpha value is -3.22. The lowest BCUT2D eigenvalue weighted by molar-refractivity contribution is -0.144. The summed E-state index contributed by atoms with van der Waals surface area (Å²) in [7, 11) is 0. The van der Waals surface area contributed by atoms with Crippen LogP contribution in [0, 0.1) is 0 Å². The molecule has 1 aliphatic rings. The van der Waals surface area contributed by atoms with Gasteiger partial charge in [0.15, 0.2) is 0 Å². The third-order valence-corrected chi connectivity index (χ3v) is 4.35. The number of carboxylic acid groups (broad SMARTS) is 2. The third kappa shape index (κ3) is 7.37. The molecular formula is C16H25N5O8. The first-order valence-corrected chi connectivity index (χ1v) is 8.90. The molecule has 1 saturated heterocycles. The molecule has 3 unspecified atom stereocenters. The van der Waals surface area contributed by atoms with Crippen LogP contribution >= 0.6 is 0 Å². The highest BCUT2D eigenvalue weighted by atomic mass is 16.4. The number of carboxylic acids is 2. The van der Waals surface area contributed by atoms with E-state index in [9.17, 15) is 28.8 Å². The van der Waals surface area contributed by atoms with E-state index in [0.717, 1.165) is 0 Å². The van der Waals surface area contributed by atoms with Gasteiger partial charge in [-0.15, -0.1) is 0 Å². The van der Waals surface area contributed by atoms with Crippen molar-refractivity contribution in [2.45, 2.75) is 50.2 Å². The van der Waals surface area contributed by atoms with Crippen LogP contribution in [0.5, 0.6) is 0 Å². The predicted molar refractivity (Wildman–Crippen MR) is 96.0 cm³/mol. The SMILES string of the molecule is NCC(=O)N1CCCC1C(=O)NC(CC(N)=O)C(=O)NC(CCC(=O)O)C(=O)O. The van der Waals surface area contributed by atoms with Gasteiger partial charge in [-0.1, -0.05) is 0 Å². The van der Waals surface area contributed by atoms with E-state index in [1.165, 1.54) is 4.90 Å². The minimum atomic E-state index is -1.53. The highest BCUT2D eigenvalue weighted by Crippen LogP contribution is 2.17. The molecule has 1 fully saturated rings. The molecule has 13 nitrogen and oxygen atoms in total. The van der Waals surface area contributed by atoms with Crippen LogP contribution < -0.4 is 22.1 Å². The van der Waals surface area contributed by atoms with Gasteiger partial charge in [0.25, 0.3) is 0 Å². The molecule has 1 aliphatic heterocycles. The zero-order valence-electron chi connectivity index (χ0n) is 15.6. The zero-order valence-corrected chi connectivity index (χ0v) is 15.6. The van der Waals surface area contributed by atoms with Crippen molar-refractivity contribution >= 4 is 35.6 Å². The fourth-order valence-corrected chi connectivity index (χ4v) is 2.93. The van der Waals surface area contributed by atoms with Crippen molar-refractivity contribution in [2.75, 3.05) is 13.1 Å². The van der Waals surface area contributed by atoms with Gasteiger partial charge in [-0.2, -0.15) is 0 Å². The molecule has 8 N–H and O–H groups in total. The number of hydrogen-bond acceptors (Lipinski definition) is 7. The number of amides is 4. The van der Waals surface area contributed by atoms with Crippen molar-refractivity contribution < 1.29 is 39.0 Å². The van der Waals surface area contributed by atoms with Crippen molar-refractivity contribution in [3.8, 4) is 0 Å². The Morgan fingerprint density at radius 2 is 1.72 bits per heavy atom. The molecule has 1 heterocycles. The number of primary amides is 1. The fraction of sp³-hybridized carbons (Fsp3) is 0.625. The van der Waals surface area contributed by atoms with Gasteiger partial charge in [0.2, 0.25) is 23.6 Å². The van der Waals surface area contributed by atoms with Crippen molar-refractivity contribution in [3.05, 3.63) is 0 Å². The lowest BCUT2D eigenvalue weighted by Gasteiger charge is -2.26. The smallest absolute Gasteiger partial charge is 0.326 e. The van der Waals surface area contributed by atoms with Gasteiger partial charge in [0.05, 0.1) is 13.0 Å². The Balaban J connectivity index is 2.86. The van der Waals surface area contributed by atoms with E-state index in [4.69, 9.17) is 21.7 Å². The minimum Gasteiger partial charge on any atom is -0.481 e. The molecule has 0 aliphatic carbocycles. The first-order chi connectivity index (χ1) is 13.6. The lowest BCUT2D eigenvalue weighted by atomic mass is 10.1. The third-order valence-electron chi connectivity index (χ3n) is 4.35. The monoisotopic (exact) mass is 415 g/mol. The molecule has 29 heavy (non-hydrogen) atoms. The Bertz CT molecular complexity index is 682. The molecule has 0 radical (unpaired) electrons. The maximum atomic E-state index is 12.5. The summed E-state index contributed by atoms with van der Waals surface area (Å²) in [4.78, 5) is 71.2. The molecular weight excluding hydrogens is 390 g/mol. The van der Waals surface area contributed by atoms with E-state index in [-0.39, 0.29) is 6.54 Å². The van der Waals surface area contributed by atoms with Crippen LogP contribution in [0.2, 0.25) is 0 Å². The van der Waals surface area contributed by atoms with Gasteiger partial charge in [-0.25, -0.2) is 4.79 Å². The lowest BCUT2D eigenvalue weighted by Crippen LogP contribution is -2.56. The van der Waals surface area contributed by atoms with Crippen LogP contribution in [0.1, 0.15) is 32.1 Å². The second kappa shape index (κ2) is 10.9. The van der Waals surface area contributed by atoms with Crippen molar-refractivity contribution in [1.82, 2.24) is 15.5 Å². The van der Waals surface area contributed by atoms with Gasteiger partial charge < -0.3 is 37.2 Å². The summed E-state index contributed by atoms with van der Waals surface area (Å²) < 4.78 is 0. The van der Waals surface area contributed by atoms with Crippen LogP contribution in [0.15, 0.2) is 0 Å². The Labute approximate surface area is 165 Å². The van der Waals surface area contributed by atoms with Gasteiger partial charge >= 0.3 is 11.9 Å². The predicted octanol–water partition coefficient (Wildman–Crippen LogP) is -3.27. The van der Waals surface area contributed by atoms with Crippen molar-refractivity contribution in [1.29, 1.82) is 0 Å². The molecule has 3 atom stereocenters. The number of carbonyl (C=O) groups is 6. The van der Waals surface area contributed by atoms with Gasteiger partial charge in [-0.3, -0.25) is 24.0 Å². The van der Waals surface area contributed by atoms with E-state index < -0.39 is 73.0 Å². The summed E-state index contributed by atoms with van der Waals surface area (Å²) in [5, 5.41) is 22.2. The molecule has 0 aromatic heterocycles. The van der Waals surface area contributed by atoms with Crippen LogP contribution in [0.25, 0.3) is 0 Å². The number of rotatable bonds is 11. The molecule has 162 valence electrons. The molecule has 4 amide bonds. The quantitative estimate of drug-likeness (QED) is 0.199. The molecule has 0 aromatic carbocycles. The normalized spacial score (nSPS) is 17.8. The summed E-state index contributed by atoms with van der Waals surface area (Å²) in [6.07, 6.45) is -0.636. The number of hydrogen-bond donors (Lipinski definition) is 6. The maximum Gasteiger partial charge on any atom is 0.326 e. The Morgan fingerprint density at radius 1 is 1.07 bits per heavy atom. The molecule has 0 saturated carbocycles. The number of nitrogens with one attached hydrogen (secondary N) is 2. The molecule has 0 spiro atoms. The van der Waals surface area contributed by atoms with E-state index in [0.29, 0.717) is 19.4 Å². The zero-order chi connectivity index (χ0) is 22.1. The molecule has 0 bridgehead atoms. The minimum absolute atomic E-state index is 0.293. The standard InChI is InChI=1S/C16H25N5O8/c17-7-12(23)21-5-1-2-10(21)15(27)20-9(6-11(18)22)14(26)19-8(16(28)29)3-4-13(24)25/h8-10H,1-7,17H2,(H2,18,22)(H,19,26)(H,20,27)(H,24,25)(H,28,29). The molecule has 1 rings (SSSR count). The Morgan fingerprint density at radius 3 is 2.24 bits per heavy atom. The highest BCUT2D eigenvalue weighted by Gasteiger charge is 2.36. The average Bonchev–Trinajstić information content (AvgIpc) is 3.12.